The van der Waals surface area contributed by atoms with E-state index in [1.165, 1.54) is 30.9 Å². The summed E-state index contributed by atoms with van der Waals surface area (Å²) in [6.45, 7) is 13.0. The molecule has 4 atom stereocenters. The van der Waals surface area contributed by atoms with E-state index in [4.69, 9.17) is 0 Å². The Bertz CT molecular complexity index is 1810. The van der Waals surface area contributed by atoms with Crippen molar-refractivity contribution in [2.24, 2.45) is 23.7 Å². The fourth-order valence-corrected chi connectivity index (χ4v) is 8.34. The summed E-state index contributed by atoms with van der Waals surface area (Å²) in [6, 6.07) is 12.3. The van der Waals surface area contributed by atoms with Crippen molar-refractivity contribution in [2.75, 3.05) is 82.4 Å². The van der Waals surface area contributed by atoms with Crippen molar-refractivity contribution in [3.63, 3.8) is 0 Å². The van der Waals surface area contributed by atoms with E-state index >= 15 is 0 Å². The van der Waals surface area contributed by atoms with Crippen molar-refractivity contribution in [1.82, 2.24) is 19.8 Å². The number of halogens is 6. The molecule has 7 rings (SSSR count). The van der Waals surface area contributed by atoms with Crippen molar-refractivity contribution in [1.29, 1.82) is 0 Å². The summed E-state index contributed by atoms with van der Waals surface area (Å²) in [4.78, 5) is 17.3. The molecule has 3 aliphatic heterocycles. The molecular weight excluding hydrogens is 682 g/mol. The number of rotatable bonds is 5. The number of piperidine rings is 2. The lowest BCUT2D eigenvalue weighted by atomic mass is 9.89. The molecule has 3 saturated heterocycles. The number of piperazine rings is 1. The van der Waals surface area contributed by atoms with Crippen LogP contribution < -0.4 is 9.80 Å². The zero-order valence-corrected chi connectivity index (χ0v) is 30.0. The molecule has 52 heavy (non-hydrogen) atoms. The van der Waals surface area contributed by atoms with E-state index < -0.39 is 23.5 Å². The predicted octanol–water partition coefficient (Wildman–Crippen LogP) is 7.67. The molecular formula is C39H48F6N6O. The lowest BCUT2D eigenvalue weighted by Gasteiger charge is -2.41. The Morgan fingerprint density at radius 1 is 0.654 bits per heavy atom. The summed E-state index contributed by atoms with van der Waals surface area (Å²) in [5.74, 6) is 1.56. The highest BCUT2D eigenvalue weighted by atomic mass is 19.4. The van der Waals surface area contributed by atoms with Crippen molar-refractivity contribution in [3.05, 3.63) is 72.1 Å². The first kappa shape index (κ1) is 38.1. The first-order valence-corrected chi connectivity index (χ1v) is 18.1. The molecule has 0 aliphatic carbocycles. The molecule has 4 unspecified atom stereocenters. The van der Waals surface area contributed by atoms with Gasteiger partial charge in [0.05, 0.1) is 22.2 Å². The van der Waals surface area contributed by atoms with Gasteiger partial charge < -0.3 is 24.7 Å². The SMILES string of the molecule is CC1CC(CN2CCN(C)CC2)CN(c2ccc(C(F)(F)F)c3ncccc23)C1.CC1CC(CO)CN(c2ccc(C(F)(F)F)c3ncccc23)C1. The number of aliphatic hydroxyl groups excluding tert-OH is 1. The normalized spacial score (nSPS) is 23.9. The van der Waals surface area contributed by atoms with Crippen LogP contribution in [0.1, 0.15) is 37.8 Å². The molecule has 2 aromatic heterocycles. The number of anilines is 2. The van der Waals surface area contributed by atoms with Gasteiger partial charge in [0, 0.05) is 100 Å². The van der Waals surface area contributed by atoms with Gasteiger partial charge >= 0.3 is 12.4 Å². The van der Waals surface area contributed by atoms with Crippen LogP contribution in [0.25, 0.3) is 21.8 Å². The lowest BCUT2D eigenvalue weighted by Crippen LogP contribution is -2.49. The van der Waals surface area contributed by atoms with Gasteiger partial charge in [0.2, 0.25) is 0 Å². The van der Waals surface area contributed by atoms with Crippen molar-refractivity contribution in [2.45, 2.75) is 39.0 Å². The lowest BCUT2D eigenvalue weighted by molar-refractivity contribution is -0.137. The first-order valence-electron chi connectivity index (χ1n) is 18.1. The van der Waals surface area contributed by atoms with Gasteiger partial charge in [-0.1, -0.05) is 13.8 Å². The van der Waals surface area contributed by atoms with Crippen molar-refractivity contribution in [3.8, 4) is 0 Å². The largest absolute Gasteiger partial charge is 0.418 e. The molecule has 0 spiro atoms. The van der Waals surface area contributed by atoms with Gasteiger partial charge in [-0.3, -0.25) is 9.97 Å². The number of alkyl halides is 6. The Labute approximate surface area is 301 Å². The maximum Gasteiger partial charge on any atom is 0.418 e. The molecule has 2 aromatic carbocycles. The standard InChI is InChI=1S/C22H29F3N4.C17H19F3N2O/c1-16-12-17(14-28-10-8-27(2)9-11-28)15-29(13-16)20-6-5-19(22(23,24)25)21-18(20)4-3-7-26-21;1-11-7-12(10-23)9-22(8-11)15-5-4-14(17(18,19)20)16-13(15)3-2-6-21-16/h3-7,16-17H,8-15H2,1-2H3;2-6,11-12,23H,7-10H2,1H3. The van der Waals surface area contributed by atoms with E-state index in [1.54, 1.807) is 30.3 Å². The molecule has 282 valence electrons. The second-order valence-electron chi connectivity index (χ2n) is 15.1. The average molecular weight is 731 g/mol. The van der Waals surface area contributed by atoms with E-state index in [0.717, 1.165) is 76.2 Å². The predicted molar refractivity (Wildman–Crippen MR) is 193 cm³/mol. The summed E-state index contributed by atoms with van der Waals surface area (Å²) >= 11 is 0. The van der Waals surface area contributed by atoms with Crippen LogP contribution in [0.5, 0.6) is 0 Å². The second-order valence-corrected chi connectivity index (χ2v) is 15.1. The Morgan fingerprint density at radius 3 is 1.58 bits per heavy atom. The minimum atomic E-state index is -4.42. The van der Waals surface area contributed by atoms with Gasteiger partial charge in [-0.15, -0.1) is 0 Å². The highest BCUT2D eigenvalue weighted by Gasteiger charge is 2.36. The summed E-state index contributed by atoms with van der Waals surface area (Å²) in [6.07, 6.45) is -3.89. The summed E-state index contributed by atoms with van der Waals surface area (Å²) in [7, 11) is 2.16. The van der Waals surface area contributed by atoms with Gasteiger partial charge in [0.15, 0.2) is 0 Å². The van der Waals surface area contributed by atoms with Crippen LogP contribution in [0, 0.1) is 23.7 Å². The number of nitrogens with zero attached hydrogens (tertiary/aromatic N) is 6. The number of hydrogen-bond donors (Lipinski definition) is 1. The van der Waals surface area contributed by atoms with Gasteiger partial charge in [0.25, 0.3) is 0 Å². The third-order valence-corrected chi connectivity index (χ3v) is 10.6. The van der Waals surface area contributed by atoms with Crippen LogP contribution >= 0.6 is 0 Å². The number of aliphatic hydroxyl groups is 1. The third-order valence-electron chi connectivity index (χ3n) is 10.6. The number of aromatic nitrogens is 2. The van der Waals surface area contributed by atoms with Crippen LogP contribution in [0.15, 0.2) is 60.9 Å². The van der Waals surface area contributed by atoms with E-state index in [2.05, 4.69) is 50.5 Å². The molecule has 13 heteroatoms. The molecule has 4 aromatic rings. The molecule has 0 radical (unpaired) electrons. The van der Waals surface area contributed by atoms with Gasteiger partial charge in [0.1, 0.15) is 0 Å². The van der Waals surface area contributed by atoms with E-state index in [1.807, 2.05) is 0 Å². The average Bonchev–Trinajstić information content (AvgIpc) is 3.10. The zero-order chi connectivity index (χ0) is 37.2. The highest BCUT2D eigenvalue weighted by molar-refractivity contribution is 5.95. The van der Waals surface area contributed by atoms with Crippen LogP contribution in [-0.4, -0.2) is 97.4 Å². The fraction of sp³-hybridized carbons (Fsp3) is 0.538. The minimum absolute atomic E-state index is 0.0173. The molecule has 5 heterocycles. The van der Waals surface area contributed by atoms with Crippen LogP contribution in [-0.2, 0) is 12.4 Å². The second kappa shape index (κ2) is 15.7. The summed E-state index contributed by atoms with van der Waals surface area (Å²) < 4.78 is 79.9. The van der Waals surface area contributed by atoms with E-state index in [0.29, 0.717) is 35.1 Å². The Balaban J connectivity index is 0.000000183. The van der Waals surface area contributed by atoms with Crippen LogP contribution in [0.2, 0.25) is 0 Å². The first-order chi connectivity index (χ1) is 24.7. The number of hydrogen-bond acceptors (Lipinski definition) is 7. The third kappa shape index (κ3) is 8.74. The molecule has 0 amide bonds. The molecule has 7 nitrogen and oxygen atoms in total. The number of fused-ring (bicyclic) bond motifs is 2. The van der Waals surface area contributed by atoms with Crippen LogP contribution in [0.3, 0.4) is 0 Å². The quantitative estimate of drug-likeness (QED) is 0.212. The number of pyridine rings is 2. The molecule has 1 N–H and O–H groups in total. The van der Waals surface area contributed by atoms with Gasteiger partial charge in [-0.25, -0.2) is 0 Å². The molecule has 3 aliphatic rings. The molecule has 3 fully saturated rings. The highest BCUT2D eigenvalue weighted by Crippen LogP contribution is 2.40. The van der Waals surface area contributed by atoms with Crippen molar-refractivity contribution >= 4 is 33.2 Å². The van der Waals surface area contributed by atoms with E-state index in [-0.39, 0.29) is 23.6 Å². The number of benzene rings is 2. The Kier molecular flexibility index (Phi) is 11.5. The topological polar surface area (TPSA) is 59.0 Å². The maximum absolute atomic E-state index is 13.4. The van der Waals surface area contributed by atoms with Gasteiger partial charge in [-0.2, -0.15) is 26.3 Å². The Hall–Kier alpha value is -3.68. The van der Waals surface area contributed by atoms with Crippen molar-refractivity contribution < 1.29 is 31.4 Å². The monoisotopic (exact) mass is 730 g/mol. The zero-order valence-electron chi connectivity index (χ0n) is 30.0. The maximum atomic E-state index is 13.4. The van der Waals surface area contributed by atoms with Gasteiger partial charge in [-0.05, 0) is 92.1 Å². The molecule has 0 bridgehead atoms. The smallest absolute Gasteiger partial charge is 0.396 e. The van der Waals surface area contributed by atoms with Crippen LogP contribution in [0.4, 0.5) is 37.7 Å². The molecule has 0 saturated carbocycles. The fourth-order valence-electron chi connectivity index (χ4n) is 8.34. The summed E-state index contributed by atoms with van der Waals surface area (Å²) in [5, 5.41) is 10.5. The van der Waals surface area contributed by atoms with E-state index in [9.17, 15) is 31.4 Å². The number of likely N-dealkylation sites (N-methyl/N-ethyl adjacent to an activating group) is 1. The summed E-state index contributed by atoms with van der Waals surface area (Å²) in [5.41, 5.74) is 0.293. The minimum Gasteiger partial charge on any atom is -0.396 e. The Morgan fingerprint density at radius 2 is 1.12 bits per heavy atom.